The zero-order valence-corrected chi connectivity index (χ0v) is 10.5. The fourth-order valence-electron chi connectivity index (χ4n) is 2.55. The van der Waals surface area contributed by atoms with E-state index in [1.54, 1.807) is 0 Å². The van der Waals surface area contributed by atoms with Gasteiger partial charge in [-0.25, -0.2) is 0 Å². The van der Waals surface area contributed by atoms with Crippen molar-refractivity contribution in [1.82, 2.24) is 5.32 Å². The van der Waals surface area contributed by atoms with Gasteiger partial charge in [0.1, 0.15) is 0 Å². The Kier molecular flexibility index (Phi) is 4.17. The average Bonchev–Trinajstić information content (AvgIpc) is 2.38. The van der Waals surface area contributed by atoms with Crippen molar-refractivity contribution in [3.05, 3.63) is 34.9 Å². The Hall–Kier alpha value is -1.33. The molecule has 0 saturated carbocycles. The molecule has 2 rings (SSSR count). The molecule has 1 N–H and O–H groups in total. The Morgan fingerprint density at radius 2 is 2.35 bits per heavy atom. The van der Waals surface area contributed by atoms with E-state index in [0.29, 0.717) is 6.04 Å². The highest BCUT2D eigenvalue weighted by atomic mass is 14.9. The van der Waals surface area contributed by atoms with Gasteiger partial charge in [0.25, 0.3) is 0 Å². The number of unbranched alkanes of at least 4 members (excludes halogenated alkanes) is 1. The first-order valence-electron chi connectivity index (χ1n) is 6.59. The van der Waals surface area contributed by atoms with Gasteiger partial charge < -0.3 is 5.32 Å². The number of hydrogen-bond acceptors (Lipinski definition) is 2. The first-order chi connectivity index (χ1) is 8.35. The van der Waals surface area contributed by atoms with Crippen LogP contribution >= 0.6 is 0 Å². The highest BCUT2D eigenvalue weighted by Gasteiger charge is 2.20. The third kappa shape index (κ3) is 2.87. The zero-order valence-electron chi connectivity index (χ0n) is 10.5. The van der Waals surface area contributed by atoms with Gasteiger partial charge in [-0.3, -0.25) is 0 Å². The van der Waals surface area contributed by atoms with Gasteiger partial charge in [0, 0.05) is 6.04 Å². The molecule has 1 aromatic rings. The Morgan fingerprint density at radius 1 is 1.47 bits per heavy atom. The van der Waals surface area contributed by atoms with Gasteiger partial charge in [-0.1, -0.05) is 25.5 Å². The van der Waals surface area contributed by atoms with Crippen molar-refractivity contribution in [3.63, 3.8) is 0 Å². The molecular formula is C15H20N2. The van der Waals surface area contributed by atoms with Crippen LogP contribution in [0.15, 0.2) is 18.2 Å². The summed E-state index contributed by atoms with van der Waals surface area (Å²) in [6, 6.07) is 8.98. The van der Waals surface area contributed by atoms with Gasteiger partial charge in [0.05, 0.1) is 11.6 Å². The predicted octanol–water partition coefficient (Wildman–Crippen LogP) is 2.81. The largest absolute Gasteiger partial charge is 0.314 e. The van der Waals surface area contributed by atoms with E-state index in [1.165, 1.54) is 30.4 Å². The van der Waals surface area contributed by atoms with Gasteiger partial charge >= 0.3 is 0 Å². The molecule has 0 amide bonds. The van der Waals surface area contributed by atoms with Gasteiger partial charge in [0.2, 0.25) is 0 Å². The molecule has 1 aliphatic rings. The highest BCUT2D eigenvalue weighted by Crippen LogP contribution is 2.24. The number of nitrogens with zero attached hydrogens (tertiary/aromatic N) is 1. The lowest BCUT2D eigenvalue weighted by molar-refractivity contribution is 0.453. The third-order valence-corrected chi connectivity index (χ3v) is 3.57. The van der Waals surface area contributed by atoms with Crippen LogP contribution in [-0.4, -0.2) is 12.6 Å². The number of nitriles is 1. The predicted molar refractivity (Wildman–Crippen MR) is 69.9 cm³/mol. The standard InChI is InChI=1S/C15H20N2/c1-2-3-9-17-14-8-7-12-5-4-6-13(11-16)15(12)10-14/h4-6,14,17H,2-3,7-10H2,1H3. The normalized spacial score (nSPS) is 18.5. The number of nitrogens with one attached hydrogen (secondary N) is 1. The number of fused-ring (bicyclic) bond motifs is 1. The molecule has 17 heavy (non-hydrogen) atoms. The third-order valence-electron chi connectivity index (χ3n) is 3.57. The second kappa shape index (κ2) is 5.84. The summed E-state index contributed by atoms with van der Waals surface area (Å²) in [7, 11) is 0. The minimum absolute atomic E-state index is 0.559. The van der Waals surface area contributed by atoms with Crippen LogP contribution in [0.5, 0.6) is 0 Å². The smallest absolute Gasteiger partial charge is 0.0994 e. The van der Waals surface area contributed by atoms with Crippen LogP contribution in [0.1, 0.15) is 42.9 Å². The maximum atomic E-state index is 9.12. The number of rotatable bonds is 4. The first kappa shape index (κ1) is 12.1. The van der Waals surface area contributed by atoms with Crippen LogP contribution in [-0.2, 0) is 12.8 Å². The summed E-state index contributed by atoms with van der Waals surface area (Å²) in [4.78, 5) is 0. The second-order valence-electron chi connectivity index (χ2n) is 4.80. The van der Waals surface area contributed by atoms with Crippen molar-refractivity contribution in [3.8, 4) is 6.07 Å². The fraction of sp³-hybridized carbons (Fsp3) is 0.533. The summed E-state index contributed by atoms with van der Waals surface area (Å²) in [6.07, 6.45) is 5.80. The lowest BCUT2D eigenvalue weighted by Crippen LogP contribution is -2.35. The summed E-state index contributed by atoms with van der Waals surface area (Å²) in [5.74, 6) is 0. The van der Waals surface area contributed by atoms with Crippen LogP contribution < -0.4 is 5.32 Å². The monoisotopic (exact) mass is 228 g/mol. The summed E-state index contributed by atoms with van der Waals surface area (Å²) in [6.45, 7) is 3.32. The van der Waals surface area contributed by atoms with Crippen LogP contribution in [0.25, 0.3) is 0 Å². The van der Waals surface area contributed by atoms with E-state index in [-0.39, 0.29) is 0 Å². The van der Waals surface area contributed by atoms with Crippen molar-refractivity contribution in [2.45, 2.75) is 45.1 Å². The average molecular weight is 228 g/mol. The summed E-state index contributed by atoms with van der Waals surface area (Å²) >= 11 is 0. The Bertz CT molecular complexity index is 417. The van der Waals surface area contributed by atoms with E-state index < -0.39 is 0 Å². The maximum absolute atomic E-state index is 9.12. The Morgan fingerprint density at radius 3 is 3.12 bits per heavy atom. The van der Waals surface area contributed by atoms with E-state index in [1.807, 2.05) is 12.1 Å². The second-order valence-corrected chi connectivity index (χ2v) is 4.80. The highest BCUT2D eigenvalue weighted by molar-refractivity contribution is 5.44. The SMILES string of the molecule is CCCCNC1CCc2cccc(C#N)c2C1. The summed E-state index contributed by atoms with van der Waals surface area (Å²) in [5.41, 5.74) is 3.51. The topological polar surface area (TPSA) is 35.8 Å². The number of aryl methyl sites for hydroxylation is 1. The van der Waals surface area contributed by atoms with Crippen molar-refractivity contribution in [1.29, 1.82) is 5.26 Å². The molecular weight excluding hydrogens is 208 g/mol. The minimum atomic E-state index is 0.559. The van der Waals surface area contributed by atoms with Crippen molar-refractivity contribution in [2.75, 3.05) is 6.54 Å². The van der Waals surface area contributed by atoms with E-state index in [2.05, 4.69) is 24.4 Å². The fourth-order valence-corrected chi connectivity index (χ4v) is 2.55. The molecule has 2 nitrogen and oxygen atoms in total. The molecule has 0 fully saturated rings. The summed E-state index contributed by atoms with van der Waals surface area (Å²) < 4.78 is 0. The zero-order chi connectivity index (χ0) is 12.1. The molecule has 0 spiro atoms. The van der Waals surface area contributed by atoms with Crippen LogP contribution in [0.4, 0.5) is 0 Å². The van der Waals surface area contributed by atoms with Crippen LogP contribution in [0, 0.1) is 11.3 Å². The lowest BCUT2D eigenvalue weighted by Gasteiger charge is -2.26. The van der Waals surface area contributed by atoms with E-state index in [0.717, 1.165) is 24.9 Å². The molecule has 0 radical (unpaired) electrons. The molecule has 0 aromatic heterocycles. The molecule has 2 heteroatoms. The number of benzene rings is 1. The number of hydrogen-bond donors (Lipinski definition) is 1. The van der Waals surface area contributed by atoms with Gasteiger partial charge in [-0.05, 0) is 49.4 Å². The molecule has 0 aliphatic heterocycles. The molecule has 0 heterocycles. The van der Waals surface area contributed by atoms with E-state index in [4.69, 9.17) is 5.26 Å². The molecule has 1 aromatic carbocycles. The van der Waals surface area contributed by atoms with Crippen molar-refractivity contribution in [2.24, 2.45) is 0 Å². The molecule has 0 saturated heterocycles. The van der Waals surface area contributed by atoms with Gasteiger partial charge in [-0.15, -0.1) is 0 Å². The molecule has 90 valence electrons. The molecule has 1 aliphatic carbocycles. The minimum Gasteiger partial charge on any atom is -0.314 e. The molecule has 1 atom stereocenters. The molecule has 0 bridgehead atoms. The van der Waals surface area contributed by atoms with Crippen molar-refractivity contribution >= 4 is 0 Å². The maximum Gasteiger partial charge on any atom is 0.0994 e. The summed E-state index contributed by atoms with van der Waals surface area (Å²) in [5, 5.41) is 12.7. The Labute approximate surface area is 104 Å². The van der Waals surface area contributed by atoms with Crippen molar-refractivity contribution < 1.29 is 0 Å². The molecule has 1 unspecified atom stereocenters. The van der Waals surface area contributed by atoms with Crippen LogP contribution in [0.3, 0.4) is 0 Å². The van der Waals surface area contributed by atoms with Gasteiger partial charge in [0.15, 0.2) is 0 Å². The lowest BCUT2D eigenvalue weighted by atomic mass is 9.85. The Balaban J connectivity index is 2.05. The first-order valence-corrected chi connectivity index (χ1v) is 6.59. The van der Waals surface area contributed by atoms with Gasteiger partial charge in [-0.2, -0.15) is 5.26 Å². The van der Waals surface area contributed by atoms with Crippen LogP contribution in [0.2, 0.25) is 0 Å². The van der Waals surface area contributed by atoms with E-state index >= 15 is 0 Å². The van der Waals surface area contributed by atoms with E-state index in [9.17, 15) is 0 Å². The quantitative estimate of drug-likeness (QED) is 0.804.